The molecule has 3 rings (SSSR count). The van der Waals surface area contributed by atoms with Crippen molar-refractivity contribution in [2.75, 3.05) is 18.0 Å². The Bertz CT molecular complexity index is 531. The molecule has 0 aromatic carbocycles. The van der Waals surface area contributed by atoms with Gasteiger partial charge in [0.25, 0.3) is 0 Å². The number of anilines is 1. The van der Waals surface area contributed by atoms with Crippen LogP contribution in [0.1, 0.15) is 47.5 Å². The van der Waals surface area contributed by atoms with Crippen LogP contribution in [-0.4, -0.2) is 36.4 Å². The van der Waals surface area contributed by atoms with Crippen molar-refractivity contribution in [3.8, 4) is 0 Å². The monoisotopic (exact) mass is 302 g/mol. The van der Waals surface area contributed by atoms with Gasteiger partial charge in [0.1, 0.15) is 0 Å². The van der Waals surface area contributed by atoms with Crippen LogP contribution in [0, 0.1) is 5.92 Å². The van der Waals surface area contributed by atoms with Crippen molar-refractivity contribution in [1.29, 1.82) is 0 Å². The summed E-state index contributed by atoms with van der Waals surface area (Å²) in [6.45, 7) is 12.9. The predicted octanol–water partition coefficient (Wildman–Crippen LogP) is 2.62. The zero-order chi connectivity index (χ0) is 16.0. The lowest BCUT2D eigenvalue weighted by Gasteiger charge is -2.33. The smallest absolute Gasteiger partial charge is 0.398 e. The third-order valence-electron chi connectivity index (χ3n) is 5.28. The first-order chi connectivity index (χ1) is 10.3. The molecule has 0 saturated carbocycles. The highest BCUT2D eigenvalue weighted by Gasteiger charge is 2.52. The van der Waals surface area contributed by atoms with Crippen molar-refractivity contribution < 1.29 is 9.31 Å². The quantitative estimate of drug-likeness (QED) is 0.787. The van der Waals surface area contributed by atoms with E-state index in [0.29, 0.717) is 0 Å². The highest BCUT2D eigenvalue weighted by Crippen LogP contribution is 2.36. The first-order valence-corrected chi connectivity index (χ1v) is 8.35. The topological polar surface area (TPSA) is 34.6 Å². The fourth-order valence-corrected chi connectivity index (χ4v) is 3.15. The molecule has 2 fully saturated rings. The first kappa shape index (κ1) is 15.8. The van der Waals surface area contributed by atoms with Gasteiger partial charge in [0, 0.05) is 25.0 Å². The van der Waals surface area contributed by atoms with Gasteiger partial charge < -0.3 is 14.2 Å². The molecule has 0 N–H and O–H groups in total. The minimum Gasteiger partial charge on any atom is -0.398 e. The second-order valence-electron chi connectivity index (χ2n) is 7.72. The lowest BCUT2D eigenvalue weighted by molar-refractivity contribution is 0.00578. The molecular formula is C17H27BN2O2. The minimum atomic E-state index is -0.382. The molecule has 2 aliphatic rings. The van der Waals surface area contributed by atoms with Crippen molar-refractivity contribution in [3.05, 3.63) is 18.3 Å². The number of hydrogen-bond donors (Lipinski definition) is 0. The Hall–Kier alpha value is -1.07. The number of rotatable bonds is 2. The molecule has 2 aliphatic heterocycles. The number of aromatic nitrogens is 1. The molecule has 120 valence electrons. The average molecular weight is 302 g/mol. The largest absolute Gasteiger partial charge is 0.514 e. The Labute approximate surface area is 134 Å². The summed E-state index contributed by atoms with van der Waals surface area (Å²) in [6, 6.07) is 4.22. The Morgan fingerprint density at radius 2 is 1.91 bits per heavy atom. The molecule has 5 heteroatoms. The molecular weight excluding hydrogens is 275 g/mol. The zero-order valence-corrected chi connectivity index (χ0v) is 14.4. The third kappa shape index (κ3) is 2.89. The Kier molecular flexibility index (Phi) is 3.98. The summed E-state index contributed by atoms with van der Waals surface area (Å²) in [5.41, 5.74) is 1.45. The van der Waals surface area contributed by atoms with Crippen LogP contribution in [0.4, 0.5) is 5.69 Å². The standard InChI is InChI=1S/C17H27BN2O2/c1-13-7-6-10-20(12-13)14-8-9-19-15(11-14)18-21-16(2,3)17(4,5)22-18/h8-9,11,13H,6-7,10,12H2,1-5H3. The number of hydrogen-bond acceptors (Lipinski definition) is 4. The molecule has 0 aliphatic carbocycles. The zero-order valence-electron chi connectivity index (χ0n) is 14.4. The maximum Gasteiger partial charge on any atom is 0.514 e. The van der Waals surface area contributed by atoms with Gasteiger partial charge in [0.2, 0.25) is 0 Å². The van der Waals surface area contributed by atoms with E-state index in [1.807, 2.05) is 6.20 Å². The van der Waals surface area contributed by atoms with E-state index >= 15 is 0 Å². The Morgan fingerprint density at radius 1 is 1.23 bits per heavy atom. The molecule has 1 atom stereocenters. The van der Waals surface area contributed by atoms with Crippen LogP contribution >= 0.6 is 0 Å². The van der Waals surface area contributed by atoms with Crippen molar-refractivity contribution in [2.24, 2.45) is 5.92 Å². The summed E-state index contributed by atoms with van der Waals surface area (Å²) in [6.07, 6.45) is 4.45. The molecule has 22 heavy (non-hydrogen) atoms. The van der Waals surface area contributed by atoms with Crippen LogP contribution in [0.25, 0.3) is 0 Å². The van der Waals surface area contributed by atoms with Gasteiger partial charge in [-0.15, -0.1) is 0 Å². The number of piperidine rings is 1. The molecule has 1 aromatic heterocycles. The van der Waals surface area contributed by atoms with E-state index in [-0.39, 0.29) is 18.3 Å². The molecule has 3 heterocycles. The van der Waals surface area contributed by atoms with Crippen LogP contribution in [-0.2, 0) is 9.31 Å². The third-order valence-corrected chi connectivity index (χ3v) is 5.28. The average Bonchev–Trinajstić information content (AvgIpc) is 2.68. The van der Waals surface area contributed by atoms with Crippen LogP contribution in [0.2, 0.25) is 0 Å². The minimum absolute atomic E-state index is 0.324. The molecule has 2 saturated heterocycles. The number of nitrogens with zero attached hydrogens (tertiary/aromatic N) is 2. The fraction of sp³-hybridized carbons (Fsp3) is 0.706. The summed E-state index contributed by atoms with van der Waals surface area (Å²) < 4.78 is 12.2. The van der Waals surface area contributed by atoms with Crippen molar-refractivity contribution in [2.45, 2.75) is 58.7 Å². The Balaban J connectivity index is 1.80. The SMILES string of the molecule is CC1CCCN(c2ccnc(B3OC(C)(C)C(C)(C)O3)c2)C1. The van der Waals surface area contributed by atoms with E-state index in [9.17, 15) is 0 Å². The fourth-order valence-electron chi connectivity index (χ4n) is 3.15. The lowest BCUT2D eigenvalue weighted by Crippen LogP contribution is -2.41. The summed E-state index contributed by atoms with van der Waals surface area (Å²) in [7, 11) is -0.382. The highest BCUT2D eigenvalue weighted by molar-refractivity contribution is 6.61. The van der Waals surface area contributed by atoms with E-state index in [2.05, 4.69) is 56.6 Å². The van der Waals surface area contributed by atoms with Gasteiger partial charge in [-0.3, -0.25) is 4.98 Å². The van der Waals surface area contributed by atoms with Crippen LogP contribution < -0.4 is 10.5 Å². The normalized spacial score (nSPS) is 27.2. The van der Waals surface area contributed by atoms with E-state index in [1.165, 1.54) is 18.5 Å². The lowest BCUT2D eigenvalue weighted by atomic mass is 9.84. The van der Waals surface area contributed by atoms with Crippen LogP contribution in [0.5, 0.6) is 0 Å². The van der Waals surface area contributed by atoms with Gasteiger partial charge in [-0.2, -0.15) is 0 Å². The van der Waals surface area contributed by atoms with Crippen molar-refractivity contribution in [3.63, 3.8) is 0 Å². The summed E-state index contributed by atoms with van der Waals surface area (Å²) in [5, 5.41) is 0. The van der Waals surface area contributed by atoms with Crippen molar-refractivity contribution >= 4 is 18.4 Å². The Morgan fingerprint density at radius 3 is 2.55 bits per heavy atom. The molecule has 4 nitrogen and oxygen atoms in total. The second-order valence-corrected chi connectivity index (χ2v) is 7.72. The van der Waals surface area contributed by atoms with Crippen molar-refractivity contribution in [1.82, 2.24) is 4.98 Å². The van der Waals surface area contributed by atoms with Gasteiger partial charge in [0.15, 0.2) is 0 Å². The predicted molar refractivity (Wildman–Crippen MR) is 90.6 cm³/mol. The summed E-state index contributed by atoms with van der Waals surface area (Å²) >= 11 is 0. The van der Waals surface area contributed by atoms with Crippen LogP contribution in [0.15, 0.2) is 18.3 Å². The second kappa shape index (κ2) is 5.53. The highest BCUT2D eigenvalue weighted by atomic mass is 16.7. The van der Waals surface area contributed by atoms with Gasteiger partial charge in [-0.25, -0.2) is 0 Å². The van der Waals surface area contributed by atoms with Gasteiger partial charge in [-0.05, 0) is 58.6 Å². The molecule has 1 unspecified atom stereocenters. The first-order valence-electron chi connectivity index (χ1n) is 8.35. The molecule has 0 spiro atoms. The van der Waals surface area contributed by atoms with E-state index in [1.54, 1.807) is 0 Å². The summed E-state index contributed by atoms with van der Waals surface area (Å²) in [4.78, 5) is 6.94. The van der Waals surface area contributed by atoms with E-state index < -0.39 is 0 Å². The number of pyridine rings is 1. The molecule has 1 aromatic rings. The van der Waals surface area contributed by atoms with Gasteiger partial charge >= 0.3 is 7.12 Å². The molecule has 0 radical (unpaired) electrons. The molecule has 0 bridgehead atoms. The maximum absolute atomic E-state index is 6.11. The van der Waals surface area contributed by atoms with Gasteiger partial charge in [0.05, 0.1) is 16.8 Å². The maximum atomic E-state index is 6.11. The van der Waals surface area contributed by atoms with Crippen LogP contribution in [0.3, 0.4) is 0 Å². The summed E-state index contributed by atoms with van der Waals surface area (Å²) in [5.74, 6) is 0.752. The van der Waals surface area contributed by atoms with Gasteiger partial charge in [-0.1, -0.05) is 6.92 Å². The molecule has 0 amide bonds. The van der Waals surface area contributed by atoms with E-state index in [4.69, 9.17) is 9.31 Å². The van der Waals surface area contributed by atoms with E-state index in [0.717, 1.165) is 24.6 Å².